The number of nitrogens with zero attached hydrogens (tertiary/aromatic N) is 1. The standard InChI is InChI=1S/C14H19N3O2/c1-3-15-14(19)16-10(2)13(18)17-9-8-11-6-4-5-7-12(11)17/h4-7,10H,3,8-9H2,1-2H3,(H2,15,16,19)/t10-/m1/s1. The highest BCUT2D eigenvalue weighted by Gasteiger charge is 2.28. The topological polar surface area (TPSA) is 61.4 Å². The first-order valence-electron chi connectivity index (χ1n) is 6.57. The van der Waals surface area contributed by atoms with Gasteiger partial charge in [-0.05, 0) is 31.9 Å². The van der Waals surface area contributed by atoms with Crippen molar-refractivity contribution in [1.82, 2.24) is 10.6 Å². The van der Waals surface area contributed by atoms with Gasteiger partial charge in [-0.1, -0.05) is 18.2 Å². The van der Waals surface area contributed by atoms with Crippen LogP contribution in [0.5, 0.6) is 0 Å². The lowest BCUT2D eigenvalue weighted by Gasteiger charge is -2.22. The molecule has 0 bridgehead atoms. The summed E-state index contributed by atoms with van der Waals surface area (Å²) in [5, 5.41) is 5.27. The van der Waals surface area contributed by atoms with Crippen LogP contribution in [0, 0.1) is 0 Å². The van der Waals surface area contributed by atoms with Crippen LogP contribution in [0.15, 0.2) is 24.3 Å². The van der Waals surface area contributed by atoms with Gasteiger partial charge < -0.3 is 15.5 Å². The Morgan fingerprint density at radius 1 is 1.37 bits per heavy atom. The van der Waals surface area contributed by atoms with Crippen LogP contribution in [-0.4, -0.2) is 31.1 Å². The van der Waals surface area contributed by atoms with E-state index in [0.29, 0.717) is 13.1 Å². The molecule has 0 radical (unpaired) electrons. The number of fused-ring (bicyclic) bond motifs is 1. The smallest absolute Gasteiger partial charge is 0.315 e. The Morgan fingerprint density at radius 2 is 2.11 bits per heavy atom. The minimum Gasteiger partial charge on any atom is -0.338 e. The average Bonchev–Trinajstić information content (AvgIpc) is 2.81. The van der Waals surface area contributed by atoms with Crippen molar-refractivity contribution in [3.63, 3.8) is 0 Å². The van der Waals surface area contributed by atoms with Crippen LogP contribution in [0.1, 0.15) is 19.4 Å². The van der Waals surface area contributed by atoms with Gasteiger partial charge in [0.05, 0.1) is 0 Å². The fourth-order valence-corrected chi connectivity index (χ4v) is 2.27. The summed E-state index contributed by atoms with van der Waals surface area (Å²) in [6.07, 6.45) is 0.871. The maximum absolute atomic E-state index is 12.3. The van der Waals surface area contributed by atoms with Crippen molar-refractivity contribution in [2.45, 2.75) is 26.3 Å². The molecule has 0 fully saturated rings. The van der Waals surface area contributed by atoms with Gasteiger partial charge in [-0.25, -0.2) is 4.79 Å². The number of carbonyl (C=O) groups excluding carboxylic acids is 2. The van der Waals surface area contributed by atoms with Crippen LogP contribution < -0.4 is 15.5 Å². The van der Waals surface area contributed by atoms with Gasteiger partial charge in [0.25, 0.3) is 0 Å². The molecular weight excluding hydrogens is 242 g/mol. The Balaban J connectivity index is 2.03. The zero-order valence-corrected chi connectivity index (χ0v) is 11.3. The van der Waals surface area contributed by atoms with E-state index in [1.165, 1.54) is 5.56 Å². The molecule has 1 atom stereocenters. The zero-order chi connectivity index (χ0) is 13.8. The molecular formula is C14H19N3O2. The normalized spacial score (nSPS) is 14.7. The van der Waals surface area contributed by atoms with E-state index in [1.54, 1.807) is 11.8 Å². The molecule has 102 valence electrons. The number of hydrogen-bond acceptors (Lipinski definition) is 2. The zero-order valence-electron chi connectivity index (χ0n) is 11.3. The van der Waals surface area contributed by atoms with E-state index < -0.39 is 6.04 Å². The molecule has 5 heteroatoms. The molecule has 2 rings (SSSR count). The summed E-state index contributed by atoms with van der Waals surface area (Å²) in [6.45, 7) is 4.76. The lowest BCUT2D eigenvalue weighted by atomic mass is 10.2. The highest BCUT2D eigenvalue weighted by molar-refractivity contribution is 6.00. The van der Waals surface area contributed by atoms with Crippen LogP contribution in [-0.2, 0) is 11.2 Å². The molecule has 0 saturated carbocycles. The van der Waals surface area contributed by atoms with Crippen molar-refractivity contribution in [2.24, 2.45) is 0 Å². The highest BCUT2D eigenvalue weighted by atomic mass is 16.2. The van der Waals surface area contributed by atoms with E-state index in [0.717, 1.165) is 12.1 Å². The van der Waals surface area contributed by atoms with Gasteiger partial charge in [-0.2, -0.15) is 0 Å². The Morgan fingerprint density at radius 3 is 2.84 bits per heavy atom. The minimum absolute atomic E-state index is 0.0730. The monoisotopic (exact) mass is 261 g/mol. The molecule has 1 heterocycles. The molecule has 0 aliphatic carbocycles. The van der Waals surface area contributed by atoms with E-state index in [4.69, 9.17) is 0 Å². The van der Waals surface area contributed by atoms with Crippen molar-refractivity contribution in [3.8, 4) is 0 Å². The second kappa shape index (κ2) is 5.73. The summed E-state index contributed by atoms with van der Waals surface area (Å²) in [6, 6.07) is 7.03. The SMILES string of the molecule is CCNC(=O)N[C@H](C)C(=O)N1CCc2ccccc21. The number of nitrogens with one attached hydrogen (secondary N) is 2. The number of urea groups is 1. The third-order valence-corrected chi connectivity index (χ3v) is 3.21. The predicted molar refractivity (Wildman–Crippen MR) is 74.2 cm³/mol. The lowest BCUT2D eigenvalue weighted by Crippen LogP contribution is -2.49. The summed E-state index contributed by atoms with van der Waals surface area (Å²) >= 11 is 0. The Kier molecular flexibility index (Phi) is 4.04. The van der Waals surface area contributed by atoms with Gasteiger partial charge in [0.2, 0.25) is 5.91 Å². The average molecular weight is 261 g/mol. The molecule has 0 aromatic heterocycles. The third-order valence-electron chi connectivity index (χ3n) is 3.21. The van der Waals surface area contributed by atoms with Crippen LogP contribution in [0.25, 0.3) is 0 Å². The van der Waals surface area contributed by atoms with Crippen molar-refractivity contribution in [1.29, 1.82) is 0 Å². The highest BCUT2D eigenvalue weighted by Crippen LogP contribution is 2.27. The van der Waals surface area contributed by atoms with Gasteiger partial charge in [-0.15, -0.1) is 0 Å². The largest absolute Gasteiger partial charge is 0.338 e. The summed E-state index contributed by atoms with van der Waals surface area (Å²) in [5.41, 5.74) is 2.14. The number of amides is 3. The molecule has 5 nitrogen and oxygen atoms in total. The van der Waals surface area contributed by atoms with Crippen molar-refractivity contribution < 1.29 is 9.59 Å². The number of carbonyl (C=O) groups is 2. The van der Waals surface area contributed by atoms with E-state index in [-0.39, 0.29) is 11.9 Å². The van der Waals surface area contributed by atoms with Gasteiger partial charge in [0.1, 0.15) is 6.04 Å². The third kappa shape index (κ3) is 2.86. The quantitative estimate of drug-likeness (QED) is 0.861. The van der Waals surface area contributed by atoms with E-state index >= 15 is 0 Å². The Labute approximate surface area is 113 Å². The van der Waals surface area contributed by atoms with Crippen molar-refractivity contribution in [3.05, 3.63) is 29.8 Å². The summed E-state index contributed by atoms with van der Waals surface area (Å²) in [5.74, 6) is -0.0730. The van der Waals surface area contributed by atoms with Gasteiger partial charge >= 0.3 is 6.03 Å². The Bertz CT molecular complexity index is 487. The van der Waals surface area contributed by atoms with Crippen LogP contribution in [0.2, 0.25) is 0 Å². The molecule has 3 amide bonds. The maximum atomic E-state index is 12.3. The second-order valence-electron chi connectivity index (χ2n) is 4.59. The number of benzene rings is 1. The summed E-state index contributed by atoms with van der Waals surface area (Å²) in [7, 11) is 0. The van der Waals surface area contributed by atoms with Gasteiger partial charge in [0.15, 0.2) is 0 Å². The number of para-hydroxylation sites is 1. The minimum atomic E-state index is -0.530. The molecule has 0 unspecified atom stereocenters. The molecule has 1 aliphatic rings. The number of hydrogen-bond donors (Lipinski definition) is 2. The second-order valence-corrected chi connectivity index (χ2v) is 4.59. The summed E-state index contributed by atoms with van der Waals surface area (Å²) < 4.78 is 0. The molecule has 1 aromatic rings. The predicted octanol–water partition coefficient (Wildman–Crippen LogP) is 1.28. The van der Waals surface area contributed by atoms with Crippen LogP contribution in [0.4, 0.5) is 10.5 Å². The fraction of sp³-hybridized carbons (Fsp3) is 0.429. The molecule has 0 saturated heterocycles. The van der Waals surface area contributed by atoms with Gasteiger partial charge in [-0.3, -0.25) is 4.79 Å². The number of rotatable bonds is 3. The molecule has 0 spiro atoms. The van der Waals surface area contributed by atoms with E-state index in [9.17, 15) is 9.59 Å². The lowest BCUT2D eigenvalue weighted by molar-refractivity contribution is -0.119. The summed E-state index contributed by atoms with van der Waals surface area (Å²) in [4.78, 5) is 25.5. The van der Waals surface area contributed by atoms with Crippen molar-refractivity contribution >= 4 is 17.6 Å². The first-order valence-corrected chi connectivity index (χ1v) is 6.57. The van der Waals surface area contributed by atoms with Crippen molar-refractivity contribution in [2.75, 3.05) is 18.0 Å². The molecule has 19 heavy (non-hydrogen) atoms. The van der Waals surface area contributed by atoms with Crippen LogP contribution >= 0.6 is 0 Å². The first kappa shape index (κ1) is 13.4. The van der Waals surface area contributed by atoms with E-state index in [1.807, 2.05) is 31.2 Å². The Hall–Kier alpha value is -2.04. The first-order chi connectivity index (χ1) is 9.13. The number of anilines is 1. The van der Waals surface area contributed by atoms with Gasteiger partial charge in [0, 0.05) is 18.8 Å². The van der Waals surface area contributed by atoms with E-state index in [2.05, 4.69) is 10.6 Å². The molecule has 1 aromatic carbocycles. The fourth-order valence-electron chi connectivity index (χ4n) is 2.27. The molecule has 2 N–H and O–H groups in total. The van der Waals surface area contributed by atoms with Crippen LogP contribution in [0.3, 0.4) is 0 Å². The maximum Gasteiger partial charge on any atom is 0.315 e. The molecule has 1 aliphatic heterocycles.